The highest BCUT2D eigenvalue weighted by atomic mass is 35.5. The van der Waals surface area contributed by atoms with Crippen LogP contribution >= 0.6 is 11.6 Å². The number of alkyl halides is 1. The molecule has 1 aromatic heterocycles. The van der Waals surface area contributed by atoms with Crippen molar-refractivity contribution in [1.29, 1.82) is 0 Å². The second-order valence-corrected chi connectivity index (χ2v) is 7.04. The Morgan fingerprint density at radius 3 is 2.50 bits per heavy atom. The molecule has 0 aromatic carbocycles. The Hall–Kier alpha value is -1.53. The molecule has 1 amide bonds. The zero-order chi connectivity index (χ0) is 17.6. The molecular weight excluding hydrogens is 330 g/mol. The molecule has 134 valence electrons. The van der Waals surface area contributed by atoms with Crippen LogP contribution in [0.5, 0.6) is 5.75 Å². The zero-order valence-electron chi connectivity index (χ0n) is 14.6. The predicted molar refractivity (Wildman–Crippen MR) is 93.5 cm³/mol. The number of halogens is 1. The van der Waals surface area contributed by atoms with Crippen LogP contribution in [0.25, 0.3) is 0 Å². The summed E-state index contributed by atoms with van der Waals surface area (Å²) in [4.78, 5) is 20.2. The number of hydrogen-bond acceptors (Lipinski definition) is 5. The number of carbonyl (C=O) groups excluding carboxylic acids is 1. The van der Waals surface area contributed by atoms with Gasteiger partial charge in [0.25, 0.3) is 0 Å². The molecular formula is C17H26ClN3O3. The minimum atomic E-state index is -0.449. The highest BCUT2D eigenvalue weighted by Gasteiger charge is 2.25. The molecule has 1 aliphatic rings. The third kappa shape index (κ3) is 6.17. The van der Waals surface area contributed by atoms with E-state index in [-0.39, 0.29) is 6.09 Å². The first-order chi connectivity index (χ1) is 11.4. The second-order valence-electron chi connectivity index (χ2n) is 6.78. The number of nitrogens with zero attached hydrogens (tertiary/aromatic N) is 3. The number of hydrogen-bond donors (Lipinski definition) is 0. The van der Waals surface area contributed by atoms with Gasteiger partial charge in [-0.15, -0.1) is 11.6 Å². The summed E-state index contributed by atoms with van der Waals surface area (Å²) in [7, 11) is 0. The van der Waals surface area contributed by atoms with Gasteiger partial charge in [0.05, 0.1) is 17.8 Å². The normalized spacial score (nSPS) is 16.1. The van der Waals surface area contributed by atoms with Crippen molar-refractivity contribution in [1.82, 2.24) is 14.8 Å². The van der Waals surface area contributed by atoms with E-state index in [9.17, 15) is 4.79 Å². The number of amides is 1. The van der Waals surface area contributed by atoms with Crippen molar-refractivity contribution in [2.45, 2.75) is 32.3 Å². The van der Waals surface area contributed by atoms with Gasteiger partial charge in [-0.3, -0.25) is 9.88 Å². The maximum absolute atomic E-state index is 12.0. The average Bonchev–Trinajstić information content (AvgIpc) is 2.54. The van der Waals surface area contributed by atoms with Crippen molar-refractivity contribution >= 4 is 17.7 Å². The Balaban J connectivity index is 1.66. The first kappa shape index (κ1) is 18.8. The molecule has 2 heterocycles. The highest BCUT2D eigenvalue weighted by molar-refractivity contribution is 6.16. The van der Waals surface area contributed by atoms with E-state index in [0.717, 1.165) is 31.1 Å². The van der Waals surface area contributed by atoms with Crippen molar-refractivity contribution < 1.29 is 14.3 Å². The van der Waals surface area contributed by atoms with Crippen LogP contribution < -0.4 is 4.74 Å². The molecule has 1 fully saturated rings. The van der Waals surface area contributed by atoms with E-state index in [2.05, 4.69) is 9.88 Å². The molecule has 2 rings (SSSR count). The highest BCUT2D eigenvalue weighted by Crippen LogP contribution is 2.13. The van der Waals surface area contributed by atoms with Crippen LogP contribution in [0.4, 0.5) is 4.79 Å². The van der Waals surface area contributed by atoms with Gasteiger partial charge < -0.3 is 14.4 Å². The summed E-state index contributed by atoms with van der Waals surface area (Å²) in [6.45, 7) is 10.1. The number of aromatic nitrogens is 1. The minimum absolute atomic E-state index is 0.233. The lowest BCUT2D eigenvalue weighted by Crippen LogP contribution is -2.50. The Morgan fingerprint density at radius 2 is 1.96 bits per heavy atom. The van der Waals surface area contributed by atoms with E-state index in [0.29, 0.717) is 25.6 Å². The van der Waals surface area contributed by atoms with Crippen molar-refractivity contribution in [2.75, 3.05) is 39.3 Å². The number of carbonyl (C=O) groups is 1. The molecule has 0 atom stereocenters. The summed E-state index contributed by atoms with van der Waals surface area (Å²) in [6.07, 6.45) is 1.46. The van der Waals surface area contributed by atoms with Gasteiger partial charge in [-0.1, -0.05) is 0 Å². The van der Waals surface area contributed by atoms with Crippen molar-refractivity contribution in [3.8, 4) is 5.75 Å². The summed E-state index contributed by atoms with van der Waals surface area (Å²) in [5.74, 6) is 1.15. The molecule has 6 nitrogen and oxygen atoms in total. The Bertz CT molecular complexity index is 523. The van der Waals surface area contributed by atoms with Crippen LogP contribution in [-0.2, 0) is 10.6 Å². The molecule has 0 unspecified atom stereocenters. The maximum Gasteiger partial charge on any atom is 0.410 e. The lowest BCUT2D eigenvalue weighted by molar-refractivity contribution is 0.0137. The average molecular weight is 356 g/mol. The Labute approximate surface area is 148 Å². The van der Waals surface area contributed by atoms with Gasteiger partial charge in [-0.2, -0.15) is 0 Å². The van der Waals surface area contributed by atoms with Crippen LogP contribution in [0.2, 0.25) is 0 Å². The zero-order valence-corrected chi connectivity index (χ0v) is 15.4. The predicted octanol–water partition coefficient (Wildman–Crippen LogP) is 2.75. The molecule has 0 radical (unpaired) electrons. The summed E-state index contributed by atoms with van der Waals surface area (Å²) < 4.78 is 11.1. The maximum atomic E-state index is 12.0. The summed E-state index contributed by atoms with van der Waals surface area (Å²) in [5.41, 5.74) is 0.386. The first-order valence-corrected chi connectivity index (χ1v) is 8.75. The fourth-order valence-corrected chi connectivity index (χ4v) is 2.51. The van der Waals surface area contributed by atoms with Gasteiger partial charge in [-0.25, -0.2) is 4.79 Å². The van der Waals surface area contributed by atoms with Crippen LogP contribution in [-0.4, -0.2) is 65.8 Å². The summed E-state index contributed by atoms with van der Waals surface area (Å²) >= 11 is 5.71. The van der Waals surface area contributed by atoms with Gasteiger partial charge in [0, 0.05) is 32.7 Å². The third-order valence-corrected chi connectivity index (χ3v) is 3.91. The number of piperazine rings is 1. The third-order valence-electron chi connectivity index (χ3n) is 3.63. The lowest BCUT2D eigenvalue weighted by Gasteiger charge is -2.35. The van der Waals surface area contributed by atoms with Crippen molar-refractivity contribution in [2.24, 2.45) is 0 Å². The van der Waals surface area contributed by atoms with Gasteiger partial charge in [0.2, 0.25) is 0 Å². The Kier molecular flexibility index (Phi) is 6.69. The van der Waals surface area contributed by atoms with Gasteiger partial charge in [0.15, 0.2) is 0 Å². The molecule has 0 saturated carbocycles. The van der Waals surface area contributed by atoms with Crippen molar-refractivity contribution in [3.05, 3.63) is 24.0 Å². The van der Waals surface area contributed by atoms with E-state index in [1.165, 1.54) is 0 Å². The van der Waals surface area contributed by atoms with E-state index >= 15 is 0 Å². The second kappa shape index (κ2) is 8.53. The first-order valence-electron chi connectivity index (χ1n) is 8.21. The largest absolute Gasteiger partial charge is 0.491 e. The molecule has 1 aromatic rings. The smallest absolute Gasteiger partial charge is 0.410 e. The van der Waals surface area contributed by atoms with Crippen LogP contribution in [0, 0.1) is 0 Å². The van der Waals surface area contributed by atoms with Crippen LogP contribution in [0.15, 0.2) is 18.3 Å². The quantitative estimate of drug-likeness (QED) is 0.760. The molecule has 1 aliphatic heterocycles. The molecule has 7 heteroatoms. The molecule has 0 bridgehead atoms. The fraction of sp³-hybridized carbons (Fsp3) is 0.647. The molecule has 0 spiro atoms. The lowest BCUT2D eigenvalue weighted by atomic mass is 10.2. The number of pyridine rings is 1. The molecule has 0 aliphatic carbocycles. The number of ether oxygens (including phenoxy) is 2. The fourth-order valence-electron chi connectivity index (χ4n) is 2.35. The molecule has 0 N–H and O–H groups in total. The van der Waals surface area contributed by atoms with E-state index in [1.807, 2.05) is 32.9 Å². The van der Waals surface area contributed by atoms with E-state index < -0.39 is 5.60 Å². The standard InChI is InChI=1S/C17H26ClN3O3/c1-17(2,3)24-16(22)21-8-6-20(7-9-21)10-11-23-15-5-4-14(12-18)19-13-15/h4-5,13H,6-12H2,1-3H3. The minimum Gasteiger partial charge on any atom is -0.491 e. The van der Waals surface area contributed by atoms with E-state index in [4.69, 9.17) is 21.1 Å². The van der Waals surface area contributed by atoms with Crippen molar-refractivity contribution in [3.63, 3.8) is 0 Å². The summed E-state index contributed by atoms with van der Waals surface area (Å²) in [5, 5.41) is 0. The van der Waals surface area contributed by atoms with Crippen LogP contribution in [0.1, 0.15) is 26.5 Å². The SMILES string of the molecule is CC(C)(C)OC(=O)N1CCN(CCOc2ccc(CCl)nc2)CC1. The number of rotatable bonds is 5. The monoisotopic (exact) mass is 355 g/mol. The molecule has 1 saturated heterocycles. The van der Waals surface area contributed by atoms with Gasteiger partial charge >= 0.3 is 6.09 Å². The van der Waals surface area contributed by atoms with E-state index in [1.54, 1.807) is 11.1 Å². The summed E-state index contributed by atoms with van der Waals surface area (Å²) in [6, 6.07) is 3.74. The molecule has 24 heavy (non-hydrogen) atoms. The van der Waals surface area contributed by atoms with Gasteiger partial charge in [-0.05, 0) is 32.9 Å². The van der Waals surface area contributed by atoms with Gasteiger partial charge in [0.1, 0.15) is 18.0 Å². The Morgan fingerprint density at radius 1 is 1.25 bits per heavy atom. The topological polar surface area (TPSA) is 54.9 Å². The van der Waals surface area contributed by atoms with Crippen LogP contribution in [0.3, 0.4) is 0 Å².